The van der Waals surface area contributed by atoms with Gasteiger partial charge >= 0.3 is 6.09 Å². The predicted octanol–water partition coefficient (Wildman–Crippen LogP) is 4.92. The Morgan fingerprint density at radius 1 is 1.06 bits per heavy atom. The largest absolute Gasteiger partial charge is 0.441 e. The van der Waals surface area contributed by atoms with Crippen LogP contribution in [0.2, 0.25) is 0 Å². The highest BCUT2D eigenvalue weighted by molar-refractivity contribution is 5.77. The van der Waals surface area contributed by atoms with Crippen LogP contribution < -0.4 is 5.56 Å². The summed E-state index contributed by atoms with van der Waals surface area (Å²) in [5.41, 5.74) is 2.07. The van der Waals surface area contributed by atoms with Gasteiger partial charge in [0, 0.05) is 23.2 Å². The highest BCUT2D eigenvalue weighted by Crippen LogP contribution is 2.45. The van der Waals surface area contributed by atoms with Crippen molar-refractivity contribution < 1.29 is 9.53 Å². The molecule has 5 rings (SSSR count). The van der Waals surface area contributed by atoms with Crippen LogP contribution in [-0.2, 0) is 4.74 Å². The number of H-pyrrole nitrogens is 1. The van der Waals surface area contributed by atoms with Crippen LogP contribution in [0.5, 0.6) is 0 Å². The van der Waals surface area contributed by atoms with Crippen LogP contribution in [0.25, 0.3) is 10.9 Å². The molecule has 1 aliphatic heterocycles. The Kier molecular flexibility index (Phi) is 4.80. The third-order valence-corrected chi connectivity index (χ3v) is 6.82. The fourth-order valence-electron chi connectivity index (χ4n) is 5.36. The molecule has 6 nitrogen and oxygen atoms in total. The smallest absolute Gasteiger partial charge is 0.411 e. The van der Waals surface area contributed by atoms with Crippen LogP contribution in [0, 0.1) is 0 Å². The van der Waals surface area contributed by atoms with Crippen molar-refractivity contribution in [3.63, 3.8) is 0 Å². The zero-order chi connectivity index (χ0) is 21.6. The number of fused-ring (bicyclic) bond motifs is 1. The van der Waals surface area contributed by atoms with Crippen LogP contribution in [0.4, 0.5) is 4.79 Å². The second-order valence-corrected chi connectivity index (χ2v) is 9.21. The molecule has 1 amide bonds. The molecule has 0 radical (unpaired) electrons. The maximum atomic E-state index is 12.9. The summed E-state index contributed by atoms with van der Waals surface area (Å²) in [4.78, 5) is 34.5. The standard InChI is InChI=1S/C25H27N3O3/c1-25(2)22(17-6-4-3-5-7-17)28(24(30)31-25)19-10-8-16(9-11-19)20-14-18-12-13-26-15-21(18)27-23(20)29/h3-7,12-16,19,22H,8-11H2,1-2H3,(H,27,29)/t16?,19?,22-/m0/s1. The lowest BCUT2D eigenvalue weighted by molar-refractivity contribution is 0.0664. The molecule has 0 bridgehead atoms. The van der Waals surface area contributed by atoms with Crippen molar-refractivity contribution in [3.05, 3.63) is 76.3 Å². The Bertz CT molecular complexity index is 1160. The zero-order valence-electron chi connectivity index (χ0n) is 17.9. The Morgan fingerprint density at radius 3 is 2.55 bits per heavy atom. The Balaban J connectivity index is 1.38. The van der Waals surface area contributed by atoms with Crippen molar-refractivity contribution in [1.82, 2.24) is 14.9 Å². The number of hydrogen-bond donors (Lipinski definition) is 1. The summed E-state index contributed by atoms with van der Waals surface area (Å²) in [6.07, 6.45) is 6.64. The van der Waals surface area contributed by atoms with Gasteiger partial charge in [0.25, 0.3) is 5.56 Å². The van der Waals surface area contributed by atoms with Crippen molar-refractivity contribution in [2.24, 2.45) is 0 Å². The quantitative estimate of drug-likeness (QED) is 0.656. The second-order valence-electron chi connectivity index (χ2n) is 9.21. The van der Waals surface area contributed by atoms with Crippen molar-refractivity contribution in [2.45, 2.75) is 63.1 Å². The van der Waals surface area contributed by atoms with E-state index in [1.807, 2.05) is 49.1 Å². The van der Waals surface area contributed by atoms with Gasteiger partial charge in [0.1, 0.15) is 5.60 Å². The van der Waals surface area contributed by atoms with Gasteiger partial charge < -0.3 is 9.72 Å². The van der Waals surface area contributed by atoms with Crippen LogP contribution in [0.3, 0.4) is 0 Å². The fourth-order valence-corrected chi connectivity index (χ4v) is 5.36. The van der Waals surface area contributed by atoms with Crippen molar-refractivity contribution in [2.75, 3.05) is 0 Å². The van der Waals surface area contributed by atoms with E-state index < -0.39 is 5.60 Å². The van der Waals surface area contributed by atoms with Gasteiger partial charge in [-0.3, -0.25) is 14.7 Å². The molecule has 6 heteroatoms. The number of hydrogen-bond acceptors (Lipinski definition) is 4. The van der Waals surface area contributed by atoms with E-state index in [0.717, 1.165) is 47.7 Å². The molecule has 1 N–H and O–H groups in total. The SMILES string of the molecule is CC1(C)OC(=O)N(C2CCC(c3cc4ccncc4[nH]c3=O)CC2)[C@H]1c1ccccc1. The number of pyridine rings is 2. The Labute approximate surface area is 181 Å². The molecule has 2 fully saturated rings. The van der Waals surface area contributed by atoms with Crippen molar-refractivity contribution in [1.29, 1.82) is 0 Å². The summed E-state index contributed by atoms with van der Waals surface area (Å²) in [7, 11) is 0. The van der Waals surface area contributed by atoms with Gasteiger partial charge in [-0.25, -0.2) is 4.79 Å². The predicted molar refractivity (Wildman–Crippen MR) is 119 cm³/mol. The highest BCUT2D eigenvalue weighted by Gasteiger charge is 2.51. The molecule has 3 aromatic rings. The molecule has 2 aliphatic rings. The number of aromatic amines is 1. The third-order valence-electron chi connectivity index (χ3n) is 6.82. The number of nitrogens with zero attached hydrogens (tertiary/aromatic N) is 2. The maximum Gasteiger partial charge on any atom is 0.411 e. The van der Waals surface area contributed by atoms with Gasteiger partial charge in [-0.05, 0) is 63.1 Å². The average Bonchev–Trinajstić information content (AvgIpc) is 3.02. The summed E-state index contributed by atoms with van der Waals surface area (Å²) in [5.74, 6) is 0.194. The molecule has 0 spiro atoms. The first kappa shape index (κ1) is 19.8. The number of amides is 1. The monoisotopic (exact) mass is 417 g/mol. The molecule has 3 heterocycles. The average molecular weight is 418 g/mol. The molecule has 160 valence electrons. The molecule has 0 unspecified atom stereocenters. The first-order chi connectivity index (χ1) is 14.9. The van der Waals surface area contributed by atoms with Gasteiger partial charge in [0.15, 0.2) is 0 Å². The highest BCUT2D eigenvalue weighted by atomic mass is 16.6. The fraction of sp³-hybridized carbons (Fsp3) is 0.400. The van der Waals surface area contributed by atoms with E-state index in [0.29, 0.717) is 0 Å². The number of ether oxygens (including phenoxy) is 1. The molecule has 1 aromatic carbocycles. The molecule has 1 saturated heterocycles. The number of carbonyl (C=O) groups is 1. The third kappa shape index (κ3) is 3.50. The minimum Gasteiger partial charge on any atom is -0.441 e. The van der Waals surface area contributed by atoms with Gasteiger partial charge in [-0.1, -0.05) is 30.3 Å². The summed E-state index contributed by atoms with van der Waals surface area (Å²) in [6.45, 7) is 3.97. The van der Waals surface area contributed by atoms with Gasteiger partial charge in [-0.15, -0.1) is 0 Å². The molecule has 1 atom stereocenters. The van der Waals surface area contributed by atoms with E-state index in [1.54, 1.807) is 12.4 Å². The molecule has 31 heavy (non-hydrogen) atoms. The Morgan fingerprint density at radius 2 is 1.81 bits per heavy atom. The summed E-state index contributed by atoms with van der Waals surface area (Å²) >= 11 is 0. The van der Waals surface area contributed by atoms with E-state index in [-0.39, 0.29) is 29.7 Å². The number of nitrogens with one attached hydrogen (secondary N) is 1. The lowest BCUT2D eigenvalue weighted by Gasteiger charge is -2.38. The Hall–Kier alpha value is -3.15. The zero-order valence-corrected chi connectivity index (χ0v) is 17.9. The van der Waals surface area contributed by atoms with Crippen LogP contribution in [0.1, 0.15) is 62.6 Å². The van der Waals surface area contributed by atoms with E-state index in [1.165, 1.54) is 0 Å². The molecule has 1 aliphatic carbocycles. The topological polar surface area (TPSA) is 75.3 Å². The molecular formula is C25H27N3O3. The first-order valence-corrected chi connectivity index (χ1v) is 11.0. The minimum absolute atomic E-state index is 0.0344. The van der Waals surface area contributed by atoms with E-state index in [4.69, 9.17) is 4.74 Å². The second kappa shape index (κ2) is 7.52. The summed E-state index contributed by atoms with van der Waals surface area (Å²) in [6, 6.07) is 14.1. The first-order valence-electron chi connectivity index (χ1n) is 11.0. The molecular weight excluding hydrogens is 390 g/mol. The number of aromatic nitrogens is 2. The van der Waals surface area contributed by atoms with E-state index in [2.05, 4.69) is 22.1 Å². The van der Waals surface area contributed by atoms with Crippen LogP contribution >= 0.6 is 0 Å². The number of rotatable bonds is 3. The molecule has 1 saturated carbocycles. The normalized spacial score (nSPS) is 25.5. The van der Waals surface area contributed by atoms with E-state index in [9.17, 15) is 9.59 Å². The number of cyclic esters (lactones) is 1. The van der Waals surface area contributed by atoms with Crippen LogP contribution in [0.15, 0.2) is 59.7 Å². The summed E-state index contributed by atoms with van der Waals surface area (Å²) in [5, 5.41) is 1.00. The van der Waals surface area contributed by atoms with Gasteiger partial charge in [-0.2, -0.15) is 0 Å². The van der Waals surface area contributed by atoms with Gasteiger partial charge in [0.2, 0.25) is 0 Å². The van der Waals surface area contributed by atoms with Crippen molar-refractivity contribution >= 4 is 17.0 Å². The van der Waals surface area contributed by atoms with Gasteiger partial charge in [0.05, 0.1) is 17.8 Å². The van der Waals surface area contributed by atoms with E-state index >= 15 is 0 Å². The lowest BCUT2D eigenvalue weighted by atomic mass is 9.80. The number of benzene rings is 1. The van der Waals surface area contributed by atoms with Crippen molar-refractivity contribution in [3.8, 4) is 0 Å². The summed E-state index contributed by atoms with van der Waals surface area (Å²) < 4.78 is 5.79. The lowest BCUT2D eigenvalue weighted by Crippen LogP contribution is -2.42. The maximum absolute atomic E-state index is 12.9. The minimum atomic E-state index is -0.585. The molecule has 2 aromatic heterocycles. The number of carbonyl (C=O) groups excluding carboxylic acids is 1. The van der Waals surface area contributed by atoms with Crippen LogP contribution in [-0.4, -0.2) is 32.6 Å².